The molecule has 0 bridgehead atoms. The summed E-state index contributed by atoms with van der Waals surface area (Å²) in [5.41, 5.74) is 11.3. The number of para-hydroxylation sites is 1. The van der Waals surface area contributed by atoms with E-state index in [-0.39, 0.29) is 0 Å². The Bertz CT molecular complexity index is 2510. The van der Waals surface area contributed by atoms with Crippen LogP contribution in [0.3, 0.4) is 0 Å². The van der Waals surface area contributed by atoms with Crippen molar-refractivity contribution in [3.8, 4) is 55.3 Å². The van der Waals surface area contributed by atoms with E-state index in [4.69, 9.17) is 15.0 Å². The molecule has 0 aliphatic heterocycles. The summed E-state index contributed by atoms with van der Waals surface area (Å²) in [6, 6.07) is 51.0. The Balaban J connectivity index is 1.18. The number of benzene rings is 6. The van der Waals surface area contributed by atoms with E-state index in [1.54, 1.807) is 23.5 Å². The molecule has 232 valence electrons. The number of aromatic nitrogens is 3. The number of allylic oxidation sites excluding steroid dienone is 4. The second-order valence-corrected chi connectivity index (χ2v) is 12.8. The van der Waals surface area contributed by atoms with Gasteiger partial charge in [-0.05, 0) is 51.7 Å². The summed E-state index contributed by atoms with van der Waals surface area (Å²) in [5, 5.41) is 3.32. The van der Waals surface area contributed by atoms with Crippen molar-refractivity contribution >= 4 is 37.9 Å². The Morgan fingerprint density at radius 2 is 1.10 bits per heavy atom. The maximum Gasteiger partial charge on any atom is 0.160 e. The standard InChI is InChI=1S/C45H31N3S/c1-3-12-30(4-2)44-46-40(33-21-19-32(20-22-33)31-13-7-5-8-14-31)29-41(47-44)38-26-24-35-27-37(25-23-36(35)28-38)39-17-11-18-42-43(39)48-45(49-42)34-15-9-6-10-16-34/h3-29H,1-2H2/b30-12+. The lowest BCUT2D eigenvalue weighted by Gasteiger charge is -2.11. The number of rotatable bonds is 8. The normalized spacial score (nSPS) is 11.6. The van der Waals surface area contributed by atoms with Crippen LogP contribution >= 0.6 is 11.3 Å². The average molecular weight is 646 g/mol. The Hall–Kier alpha value is -6.23. The van der Waals surface area contributed by atoms with Gasteiger partial charge in [-0.15, -0.1) is 11.3 Å². The van der Waals surface area contributed by atoms with E-state index in [9.17, 15) is 0 Å². The Morgan fingerprint density at radius 3 is 1.80 bits per heavy atom. The Kier molecular flexibility index (Phi) is 8.06. The van der Waals surface area contributed by atoms with Crippen molar-refractivity contribution < 1.29 is 0 Å². The van der Waals surface area contributed by atoms with Crippen molar-refractivity contribution in [3.63, 3.8) is 0 Å². The highest BCUT2D eigenvalue weighted by Gasteiger charge is 2.14. The minimum Gasteiger partial charge on any atom is -0.235 e. The Morgan fingerprint density at radius 1 is 0.510 bits per heavy atom. The highest BCUT2D eigenvalue weighted by atomic mass is 32.1. The second kappa shape index (κ2) is 13.1. The first-order valence-electron chi connectivity index (χ1n) is 16.2. The summed E-state index contributed by atoms with van der Waals surface area (Å²) in [4.78, 5) is 15.1. The first-order valence-corrected chi connectivity index (χ1v) is 17.0. The first kappa shape index (κ1) is 30.1. The highest BCUT2D eigenvalue weighted by molar-refractivity contribution is 7.21. The van der Waals surface area contributed by atoms with Gasteiger partial charge in [-0.1, -0.05) is 153 Å². The zero-order valence-corrected chi connectivity index (χ0v) is 27.6. The van der Waals surface area contributed by atoms with Gasteiger partial charge in [0.2, 0.25) is 0 Å². The molecule has 8 rings (SSSR count). The van der Waals surface area contributed by atoms with Crippen molar-refractivity contribution in [1.82, 2.24) is 15.0 Å². The van der Waals surface area contributed by atoms with Gasteiger partial charge < -0.3 is 0 Å². The molecule has 0 aliphatic carbocycles. The summed E-state index contributed by atoms with van der Waals surface area (Å²) in [6.45, 7) is 7.90. The molecule has 8 aromatic rings. The lowest BCUT2D eigenvalue weighted by molar-refractivity contribution is 1.13. The zero-order valence-electron chi connectivity index (χ0n) is 26.8. The first-order chi connectivity index (χ1) is 24.2. The van der Waals surface area contributed by atoms with Gasteiger partial charge in [0.25, 0.3) is 0 Å². The molecule has 4 heteroatoms. The third-order valence-corrected chi connectivity index (χ3v) is 9.75. The molecule has 0 saturated heterocycles. The van der Waals surface area contributed by atoms with E-state index in [0.717, 1.165) is 71.6 Å². The summed E-state index contributed by atoms with van der Waals surface area (Å²) in [5.74, 6) is 0.608. The van der Waals surface area contributed by atoms with Crippen LogP contribution in [0, 0.1) is 0 Å². The van der Waals surface area contributed by atoms with Gasteiger partial charge in [0.15, 0.2) is 5.82 Å². The fourth-order valence-electron chi connectivity index (χ4n) is 6.16. The molecule has 6 aromatic carbocycles. The largest absolute Gasteiger partial charge is 0.235 e. The van der Waals surface area contributed by atoms with Gasteiger partial charge in [-0.3, -0.25) is 0 Å². The van der Waals surface area contributed by atoms with E-state index in [1.807, 2.05) is 18.2 Å². The zero-order chi connectivity index (χ0) is 33.2. The minimum absolute atomic E-state index is 0.608. The SMILES string of the molecule is C=C/C=C(\C=C)c1nc(-c2ccc(-c3ccccc3)cc2)cc(-c2ccc3cc(-c4cccc5sc(-c6ccccc6)nc45)ccc3c2)n1. The van der Waals surface area contributed by atoms with Crippen LogP contribution < -0.4 is 0 Å². The van der Waals surface area contributed by atoms with Crippen LogP contribution in [0.15, 0.2) is 177 Å². The van der Waals surface area contributed by atoms with Crippen LogP contribution in [0.4, 0.5) is 0 Å². The molecule has 0 fully saturated rings. The maximum absolute atomic E-state index is 5.08. The topological polar surface area (TPSA) is 38.7 Å². The van der Waals surface area contributed by atoms with Crippen molar-refractivity contribution in [2.24, 2.45) is 0 Å². The molecule has 0 spiro atoms. The van der Waals surface area contributed by atoms with E-state index in [2.05, 4.69) is 147 Å². The quantitative estimate of drug-likeness (QED) is 0.154. The van der Waals surface area contributed by atoms with Crippen LogP contribution in [-0.4, -0.2) is 15.0 Å². The van der Waals surface area contributed by atoms with Crippen LogP contribution in [0.2, 0.25) is 0 Å². The van der Waals surface area contributed by atoms with Crippen molar-refractivity contribution in [2.75, 3.05) is 0 Å². The molecule has 0 amide bonds. The number of hydrogen-bond donors (Lipinski definition) is 0. The molecule has 0 N–H and O–H groups in total. The number of fused-ring (bicyclic) bond motifs is 2. The molecule has 0 unspecified atom stereocenters. The van der Waals surface area contributed by atoms with Gasteiger partial charge in [0.05, 0.1) is 21.6 Å². The van der Waals surface area contributed by atoms with Gasteiger partial charge in [-0.25, -0.2) is 15.0 Å². The molecule has 49 heavy (non-hydrogen) atoms. The fourth-order valence-corrected chi connectivity index (χ4v) is 7.15. The predicted octanol–water partition coefficient (Wildman–Crippen LogP) is 12.3. The molecule has 2 aromatic heterocycles. The molecule has 0 aliphatic rings. The summed E-state index contributed by atoms with van der Waals surface area (Å²) in [6.07, 6.45) is 5.41. The van der Waals surface area contributed by atoms with Gasteiger partial charge in [0, 0.05) is 27.8 Å². The molecule has 0 radical (unpaired) electrons. The number of nitrogens with zero attached hydrogens (tertiary/aromatic N) is 3. The van der Waals surface area contributed by atoms with Crippen molar-refractivity contribution in [3.05, 3.63) is 183 Å². The number of hydrogen-bond acceptors (Lipinski definition) is 4. The van der Waals surface area contributed by atoms with Crippen LogP contribution in [0.1, 0.15) is 5.82 Å². The fraction of sp³-hybridized carbons (Fsp3) is 0. The lowest BCUT2D eigenvalue weighted by Crippen LogP contribution is -1.98. The second-order valence-electron chi connectivity index (χ2n) is 11.8. The van der Waals surface area contributed by atoms with Crippen LogP contribution in [0.5, 0.6) is 0 Å². The summed E-state index contributed by atoms with van der Waals surface area (Å²) >= 11 is 1.73. The summed E-state index contributed by atoms with van der Waals surface area (Å²) in [7, 11) is 0. The molecule has 0 atom stereocenters. The van der Waals surface area contributed by atoms with Crippen LogP contribution in [0.25, 0.3) is 81.9 Å². The van der Waals surface area contributed by atoms with E-state index in [0.29, 0.717) is 5.82 Å². The summed E-state index contributed by atoms with van der Waals surface area (Å²) < 4.78 is 1.18. The third kappa shape index (κ3) is 6.02. The highest BCUT2D eigenvalue weighted by Crippen LogP contribution is 2.37. The lowest BCUT2D eigenvalue weighted by atomic mass is 9.98. The van der Waals surface area contributed by atoms with Crippen LogP contribution in [-0.2, 0) is 0 Å². The Labute approximate surface area is 290 Å². The van der Waals surface area contributed by atoms with Crippen molar-refractivity contribution in [2.45, 2.75) is 0 Å². The molecular weight excluding hydrogens is 615 g/mol. The van der Waals surface area contributed by atoms with E-state index in [1.165, 1.54) is 10.3 Å². The number of thiazole rings is 1. The molecule has 2 heterocycles. The van der Waals surface area contributed by atoms with Gasteiger partial charge >= 0.3 is 0 Å². The van der Waals surface area contributed by atoms with E-state index >= 15 is 0 Å². The average Bonchev–Trinajstić information content (AvgIpc) is 3.62. The predicted molar refractivity (Wildman–Crippen MR) is 208 cm³/mol. The third-order valence-electron chi connectivity index (χ3n) is 8.68. The van der Waals surface area contributed by atoms with Gasteiger partial charge in [-0.2, -0.15) is 0 Å². The minimum atomic E-state index is 0.608. The molecule has 3 nitrogen and oxygen atoms in total. The smallest absolute Gasteiger partial charge is 0.160 e. The monoisotopic (exact) mass is 645 g/mol. The molecule has 0 saturated carbocycles. The van der Waals surface area contributed by atoms with Gasteiger partial charge in [0.1, 0.15) is 5.01 Å². The van der Waals surface area contributed by atoms with E-state index < -0.39 is 0 Å². The maximum atomic E-state index is 5.08. The molecular formula is C45H31N3S. The van der Waals surface area contributed by atoms with Crippen molar-refractivity contribution in [1.29, 1.82) is 0 Å².